The number of nitrogens with one attached hydrogen (secondary N) is 1. The minimum atomic E-state index is -0.908. The van der Waals surface area contributed by atoms with Crippen molar-refractivity contribution in [1.82, 2.24) is 9.55 Å². The summed E-state index contributed by atoms with van der Waals surface area (Å²) in [5, 5.41) is 2.78. The molecule has 0 aliphatic rings. The molecule has 1 aromatic heterocycles. The number of anilines is 2. The molecule has 1 heterocycles. The molecule has 6 heteroatoms. The summed E-state index contributed by atoms with van der Waals surface area (Å²) in [6.07, 6.45) is 4.19. The molecule has 0 saturated heterocycles. The molecule has 0 amide bonds. The number of halogens is 2. The van der Waals surface area contributed by atoms with Crippen LogP contribution in [-0.2, 0) is 11.3 Å². The molecular weight excluding hydrogens is 252 g/mol. The Morgan fingerprint density at radius 3 is 3.00 bits per heavy atom. The van der Waals surface area contributed by atoms with Gasteiger partial charge in [0, 0.05) is 32.7 Å². The molecular formula is C13H15F2N3O. The van der Waals surface area contributed by atoms with Crippen molar-refractivity contribution in [3.05, 3.63) is 42.2 Å². The minimum absolute atomic E-state index is 0.0687. The Bertz CT molecular complexity index is 542. The van der Waals surface area contributed by atoms with E-state index >= 15 is 0 Å². The van der Waals surface area contributed by atoms with Crippen molar-refractivity contribution in [3.63, 3.8) is 0 Å². The average Bonchev–Trinajstić information content (AvgIpc) is 2.83. The molecule has 0 atom stereocenters. The molecule has 4 nitrogen and oxygen atoms in total. The lowest BCUT2D eigenvalue weighted by Gasteiger charge is -2.10. The maximum absolute atomic E-state index is 13.5. The molecule has 0 aliphatic carbocycles. The van der Waals surface area contributed by atoms with Crippen molar-refractivity contribution in [2.45, 2.75) is 13.0 Å². The highest BCUT2D eigenvalue weighted by Crippen LogP contribution is 2.20. The zero-order valence-electron chi connectivity index (χ0n) is 10.6. The highest BCUT2D eigenvalue weighted by Gasteiger charge is 2.10. The molecule has 0 saturated carbocycles. The van der Waals surface area contributed by atoms with E-state index in [1.54, 1.807) is 19.5 Å². The van der Waals surface area contributed by atoms with Gasteiger partial charge in [-0.3, -0.25) is 0 Å². The van der Waals surface area contributed by atoms with Gasteiger partial charge in [-0.1, -0.05) is 6.07 Å². The van der Waals surface area contributed by atoms with Gasteiger partial charge >= 0.3 is 0 Å². The predicted octanol–water partition coefficient (Wildman–Crippen LogP) is 2.94. The second-order valence-corrected chi connectivity index (χ2v) is 4.02. The van der Waals surface area contributed by atoms with E-state index in [1.807, 2.05) is 4.57 Å². The Morgan fingerprint density at radius 1 is 1.37 bits per heavy atom. The number of imidazole rings is 1. The first-order valence-corrected chi connectivity index (χ1v) is 5.93. The zero-order valence-corrected chi connectivity index (χ0v) is 10.6. The van der Waals surface area contributed by atoms with Gasteiger partial charge in [-0.25, -0.2) is 13.8 Å². The van der Waals surface area contributed by atoms with Gasteiger partial charge in [-0.15, -0.1) is 0 Å². The lowest BCUT2D eigenvalue weighted by Crippen LogP contribution is -2.06. The molecule has 0 spiro atoms. The Hall–Kier alpha value is -1.95. The minimum Gasteiger partial charge on any atom is -0.385 e. The van der Waals surface area contributed by atoms with Crippen LogP contribution in [0.5, 0.6) is 0 Å². The van der Waals surface area contributed by atoms with Gasteiger partial charge in [0.1, 0.15) is 0 Å². The first-order chi connectivity index (χ1) is 9.22. The fourth-order valence-electron chi connectivity index (χ4n) is 1.71. The zero-order chi connectivity index (χ0) is 13.7. The van der Waals surface area contributed by atoms with E-state index in [4.69, 9.17) is 4.74 Å². The van der Waals surface area contributed by atoms with Crippen LogP contribution >= 0.6 is 0 Å². The highest BCUT2D eigenvalue weighted by molar-refractivity contribution is 5.54. The van der Waals surface area contributed by atoms with Crippen LogP contribution in [0.4, 0.5) is 20.4 Å². The van der Waals surface area contributed by atoms with E-state index in [9.17, 15) is 8.78 Å². The van der Waals surface area contributed by atoms with Crippen molar-refractivity contribution in [2.75, 3.05) is 19.0 Å². The van der Waals surface area contributed by atoms with E-state index in [0.717, 1.165) is 12.5 Å². The summed E-state index contributed by atoms with van der Waals surface area (Å²) < 4.78 is 33.4. The number of benzene rings is 1. The van der Waals surface area contributed by atoms with Crippen LogP contribution in [0, 0.1) is 11.6 Å². The molecule has 0 radical (unpaired) electrons. The molecule has 19 heavy (non-hydrogen) atoms. The Kier molecular flexibility index (Phi) is 4.46. The van der Waals surface area contributed by atoms with Crippen molar-refractivity contribution in [2.24, 2.45) is 0 Å². The average molecular weight is 267 g/mol. The fraction of sp³-hybridized carbons (Fsp3) is 0.308. The monoisotopic (exact) mass is 267 g/mol. The van der Waals surface area contributed by atoms with Crippen LogP contribution in [0.1, 0.15) is 6.42 Å². The van der Waals surface area contributed by atoms with E-state index in [1.165, 1.54) is 12.1 Å². The van der Waals surface area contributed by atoms with Gasteiger partial charge in [0.25, 0.3) is 0 Å². The molecule has 102 valence electrons. The molecule has 2 rings (SSSR count). The molecule has 2 aromatic rings. The smallest absolute Gasteiger partial charge is 0.207 e. The number of methoxy groups -OCH3 is 1. The first kappa shape index (κ1) is 13.5. The second kappa shape index (κ2) is 6.29. The number of nitrogens with zero attached hydrogens (tertiary/aromatic N) is 2. The quantitative estimate of drug-likeness (QED) is 0.818. The van der Waals surface area contributed by atoms with E-state index < -0.39 is 11.6 Å². The molecule has 0 bridgehead atoms. The van der Waals surface area contributed by atoms with Crippen LogP contribution in [0.15, 0.2) is 30.6 Å². The Balaban J connectivity index is 2.11. The number of rotatable bonds is 6. The highest BCUT2D eigenvalue weighted by atomic mass is 19.2. The maximum atomic E-state index is 13.5. The normalized spacial score (nSPS) is 10.7. The van der Waals surface area contributed by atoms with Crippen LogP contribution in [-0.4, -0.2) is 23.3 Å². The van der Waals surface area contributed by atoms with Gasteiger partial charge in [-0.05, 0) is 18.6 Å². The summed E-state index contributed by atoms with van der Waals surface area (Å²) in [5.74, 6) is -1.32. The molecule has 1 aromatic carbocycles. The number of ether oxygens (including phenoxy) is 1. The summed E-state index contributed by atoms with van der Waals surface area (Å²) in [6, 6.07) is 3.98. The van der Waals surface area contributed by atoms with Crippen molar-refractivity contribution < 1.29 is 13.5 Å². The molecule has 0 unspecified atom stereocenters. The van der Waals surface area contributed by atoms with Gasteiger partial charge in [0.2, 0.25) is 5.95 Å². The lowest BCUT2D eigenvalue weighted by molar-refractivity contribution is 0.190. The van der Waals surface area contributed by atoms with Gasteiger partial charge in [0.05, 0.1) is 5.69 Å². The summed E-state index contributed by atoms with van der Waals surface area (Å²) in [7, 11) is 1.63. The number of hydrogen-bond acceptors (Lipinski definition) is 3. The van der Waals surface area contributed by atoms with Gasteiger partial charge in [0.15, 0.2) is 11.6 Å². The standard InChI is InChI=1S/C13H15F2N3O/c1-19-9-3-7-18-8-6-16-13(18)17-11-5-2-4-10(14)12(11)15/h2,4-6,8H,3,7,9H2,1H3,(H,16,17). The van der Waals surface area contributed by atoms with E-state index in [0.29, 0.717) is 19.1 Å². The first-order valence-electron chi connectivity index (χ1n) is 5.93. The van der Waals surface area contributed by atoms with Crippen LogP contribution in [0.2, 0.25) is 0 Å². The van der Waals surface area contributed by atoms with Crippen LogP contribution < -0.4 is 5.32 Å². The Labute approximate surface area is 110 Å². The van der Waals surface area contributed by atoms with Crippen molar-refractivity contribution in [1.29, 1.82) is 0 Å². The lowest BCUT2D eigenvalue weighted by atomic mass is 10.3. The van der Waals surface area contributed by atoms with Crippen LogP contribution in [0.3, 0.4) is 0 Å². The number of aromatic nitrogens is 2. The fourth-order valence-corrected chi connectivity index (χ4v) is 1.71. The SMILES string of the molecule is COCCCn1ccnc1Nc1cccc(F)c1F. The van der Waals surface area contributed by atoms with Crippen molar-refractivity contribution in [3.8, 4) is 0 Å². The predicted molar refractivity (Wildman–Crippen MR) is 68.4 cm³/mol. The summed E-state index contributed by atoms with van der Waals surface area (Å²) in [6.45, 7) is 1.32. The summed E-state index contributed by atoms with van der Waals surface area (Å²) in [5.41, 5.74) is 0.0687. The van der Waals surface area contributed by atoms with Gasteiger partial charge in [-0.2, -0.15) is 0 Å². The Morgan fingerprint density at radius 2 is 2.21 bits per heavy atom. The third-order valence-corrected chi connectivity index (χ3v) is 2.66. The second-order valence-electron chi connectivity index (χ2n) is 4.02. The third-order valence-electron chi connectivity index (χ3n) is 2.66. The van der Waals surface area contributed by atoms with Crippen LogP contribution in [0.25, 0.3) is 0 Å². The number of aryl methyl sites for hydroxylation is 1. The third kappa shape index (κ3) is 3.29. The molecule has 0 aliphatic heterocycles. The van der Waals surface area contributed by atoms with Crippen molar-refractivity contribution >= 4 is 11.6 Å². The molecule has 1 N–H and O–H groups in total. The topological polar surface area (TPSA) is 39.1 Å². The number of hydrogen-bond donors (Lipinski definition) is 1. The van der Waals surface area contributed by atoms with Gasteiger partial charge < -0.3 is 14.6 Å². The largest absolute Gasteiger partial charge is 0.385 e. The van der Waals surface area contributed by atoms with E-state index in [-0.39, 0.29) is 5.69 Å². The summed E-state index contributed by atoms with van der Waals surface area (Å²) in [4.78, 5) is 4.08. The van der Waals surface area contributed by atoms with E-state index in [2.05, 4.69) is 10.3 Å². The maximum Gasteiger partial charge on any atom is 0.207 e. The molecule has 0 fully saturated rings. The summed E-state index contributed by atoms with van der Waals surface area (Å²) >= 11 is 0.